The number of benzene rings is 1. The van der Waals surface area contributed by atoms with Gasteiger partial charge in [0, 0.05) is 0 Å². The van der Waals surface area contributed by atoms with E-state index >= 15 is 0 Å². The molecule has 0 saturated carbocycles. The normalized spacial score (nSPS) is 23.9. The van der Waals surface area contributed by atoms with Gasteiger partial charge in [-0.1, -0.05) is 0 Å². The molecule has 0 saturated heterocycles. The summed E-state index contributed by atoms with van der Waals surface area (Å²) in [6.45, 7) is 3.91. The molecule has 1 aliphatic carbocycles. The van der Waals surface area contributed by atoms with Crippen LogP contribution in [0.1, 0.15) is 15.3 Å². The SMILES string of the molecule is C[Si](C)(CCO)[Ti]([CH3])(=[O])([SiH3])([Cl])([Cl])[CH]1C=Cc2ccccc21. The molecular formula is C14H24Cl2O2Si2Ti. The molecule has 0 bridgehead atoms. The summed E-state index contributed by atoms with van der Waals surface area (Å²) in [4.78, 5) is 0. The minimum atomic E-state index is -6.04. The van der Waals surface area contributed by atoms with Crippen LogP contribution in [0.3, 0.4) is 0 Å². The third-order valence-corrected chi connectivity index (χ3v) is 77.2. The summed E-state index contributed by atoms with van der Waals surface area (Å²) in [5.41, 5.74) is 2.00. The van der Waals surface area contributed by atoms with Gasteiger partial charge < -0.3 is 0 Å². The summed E-state index contributed by atoms with van der Waals surface area (Å²) >= 11 is 0. The van der Waals surface area contributed by atoms with Gasteiger partial charge in [-0.15, -0.1) is 0 Å². The molecular weight excluding hydrogens is 375 g/mol. The van der Waals surface area contributed by atoms with E-state index in [1.807, 2.05) is 49.5 Å². The van der Waals surface area contributed by atoms with Crippen LogP contribution in [-0.2, 0) is 12.4 Å². The van der Waals surface area contributed by atoms with E-state index in [1.54, 1.807) is 5.23 Å². The molecule has 1 N–H and O–H groups in total. The monoisotopic (exact) mass is 398 g/mol. The zero-order chi connectivity index (χ0) is 16.3. The van der Waals surface area contributed by atoms with E-state index in [2.05, 4.69) is 0 Å². The fourth-order valence-electron chi connectivity index (χ4n) is 3.34. The average Bonchev–Trinajstić information content (AvgIpc) is 2.71. The van der Waals surface area contributed by atoms with Gasteiger partial charge in [0.15, 0.2) is 0 Å². The van der Waals surface area contributed by atoms with Gasteiger partial charge in [-0.25, -0.2) is 0 Å². The van der Waals surface area contributed by atoms with Crippen molar-refractivity contribution < 1.29 is 17.5 Å². The van der Waals surface area contributed by atoms with E-state index in [-0.39, 0.29) is 14.7 Å². The van der Waals surface area contributed by atoms with Crippen molar-refractivity contribution in [3.8, 4) is 0 Å². The minimum absolute atomic E-state index is 0.0262. The Bertz CT molecular complexity index is 743. The Morgan fingerprint density at radius 2 is 1.90 bits per heavy atom. The molecule has 1 atom stereocenters. The molecule has 0 amide bonds. The average molecular weight is 399 g/mol. The molecule has 1 unspecified atom stereocenters. The standard InChI is InChI=1S/C9H7.C4H11OSi.CH3.2ClH.O.H3Si.Ti/c1-2-5-9-7-3-6-8(9)4-1;1-6(2)4-3-5;;;;;;/h1-7H;5H,3-4H2,1-2H3;1H3;2*1H;;1H3;/q;;;;;;;+2/p-2. The molecule has 2 nitrogen and oxygen atoms in total. The molecule has 0 heterocycles. The molecule has 1 aromatic carbocycles. The zero-order valence-corrected chi connectivity index (χ0v) is 19.1. The third kappa shape index (κ3) is 2.35. The van der Waals surface area contributed by atoms with Crippen molar-refractivity contribution in [2.75, 3.05) is 6.61 Å². The van der Waals surface area contributed by atoms with Gasteiger partial charge in [0.05, 0.1) is 0 Å². The summed E-state index contributed by atoms with van der Waals surface area (Å²) < 4.78 is 14.2. The maximum absolute atomic E-state index is 14.7. The van der Waals surface area contributed by atoms with Crippen LogP contribution < -0.4 is 0 Å². The maximum atomic E-state index is 14.7. The fraction of sp³-hybridized carbons (Fsp3) is 0.429. The second kappa shape index (κ2) is 3.91. The van der Waals surface area contributed by atoms with Gasteiger partial charge in [0.1, 0.15) is 0 Å². The van der Waals surface area contributed by atoms with E-state index in [9.17, 15) is 8.43 Å². The van der Waals surface area contributed by atoms with E-state index in [0.29, 0.717) is 6.04 Å². The Morgan fingerprint density at radius 1 is 1.33 bits per heavy atom. The molecule has 7 heteroatoms. The van der Waals surface area contributed by atoms with Crippen LogP contribution in [0, 0.1) is 0 Å². The van der Waals surface area contributed by atoms with Crippen LogP contribution in [0.2, 0.25) is 24.4 Å². The fourth-order valence-corrected chi connectivity index (χ4v) is 28.1. The summed E-state index contributed by atoms with van der Waals surface area (Å²) in [6, 6.07) is 8.30. The quantitative estimate of drug-likeness (QED) is 0.785. The van der Waals surface area contributed by atoms with Gasteiger partial charge in [-0.05, 0) is 0 Å². The summed E-state index contributed by atoms with van der Waals surface area (Å²) in [5, 5.41) is 11.1. The van der Waals surface area contributed by atoms with Crippen molar-refractivity contribution in [2.45, 2.75) is 28.6 Å². The van der Waals surface area contributed by atoms with Crippen LogP contribution >= 0.6 is 18.6 Å². The number of allylic oxidation sites excluding steroid dienone is 1. The second-order valence-electron chi connectivity index (χ2n) is 8.56. The van der Waals surface area contributed by atoms with E-state index in [4.69, 9.17) is 18.6 Å². The first-order valence-corrected chi connectivity index (χ1v) is 26.0. The van der Waals surface area contributed by atoms with Crippen LogP contribution in [0.15, 0.2) is 30.3 Å². The van der Waals surface area contributed by atoms with Crippen molar-refractivity contribution >= 4 is 38.7 Å². The third-order valence-electron chi connectivity index (χ3n) is 6.21. The number of hydrogen-bond donors (Lipinski definition) is 1. The van der Waals surface area contributed by atoms with E-state index in [0.717, 1.165) is 11.1 Å². The summed E-state index contributed by atoms with van der Waals surface area (Å²) in [7, 11) is 8.49. The molecule has 0 spiro atoms. The Kier molecular flexibility index (Phi) is 3.32. The number of aliphatic hydroxyl groups excluding tert-OH is 1. The van der Waals surface area contributed by atoms with Gasteiger partial charge in [-0.2, -0.15) is 0 Å². The van der Waals surface area contributed by atoms with Crippen LogP contribution in [0.5, 0.6) is 0 Å². The topological polar surface area (TPSA) is 37.3 Å². The molecule has 118 valence electrons. The van der Waals surface area contributed by atoms with Gasteiger partial charge in [0.25, 0.3) is 0 Å². The first kappa shape index (κ1) is 17.8. The van der Waals surface area contributed by atoms with Gasteiger partial charge in [0.2, 0.25) is 0 Å². The van der Waals surface area contributed by atoms with E-state index < -0.39 is 19.3 Å². The molecule has 0 aromatic heterocycles. The van der Waals surface area contributed by atoms with Crippen LogP contribution in [0.4, 0.5) is 0 Å². The first-order valence-electron chi connectivity index (χ1n) is 7.36. The first-order chi connectivity index (χ1) is 9.16. The predicted molar refractivity (Wildman–Crippen MR) is 95.8 cm³/mol. The van der Waals surface area contributed by atoms with Crippen LogP contribution in [-0.4, -0.2) is 25.8 Å². The van der Waals surface area contributed by atoms with Crippen molar-refractivity contribution in [1.82, 2.24) is 0 Å². The molecule has 1 aromatic rings. The zero-order valence-electron chi connectivity index (χ0n) is 13.1. The molecule has 2 rings (SSSR count). The van der Waals surface area contributed by atoms with Crippen molar-refractivity contribution in [2.24, 2.45) is 0 Å². The number of hydrogen-bond acceptors (Lipinski definition) is 2. The predicted octanol–water partition coefficient (Wildman–Crippen LogP) is 3.69. The molecule has 0 radical (unpaired) electrons. The van der Waals surface area contributed by atoms with Gasteiger partial charge >= 0.3 is 133 Å². The Hall–Kier alpha value is 0.448. The second-order valence-corrected chi connectivity index (χ2v) is 79.6. The molecule has 0 fully saturated rings. The number of fused-ring (bicyclic) bond motifs is 1. The summed E-state index contributed by atoms with van der Waals surface area (Å²) in [6.07, 6.45) is 3.89. The summed E-state index contributed by atoms with van der Waals surface area (Å²) in [5.74, 6) is -2.62. The Labute approximate surface area is 132 Å². The van der Waals surface area contributed by atoms with Crippen LogP contribution in [0.25, 0.3) is 6.08 Å². The Morgan fingerprint density at radius 3 is 2.48 bits per heavy atom. The Balaban J connectivity index is 2.82. The molecule has 0 aliphatic heterocycles. The van der Waals surface area contributed by atoms with Crippen molar-refractivity contribution in [3.63, 3.8) is 0 Å². The van der Waals surface area contributed by atoms with Gasteiger partial charge in [-0.3, -0.25) is 0 Å². The number of aliphatic hydroxyl groups is 1. The molecule has 21 heavy (non-hydrogen) atoms. The van der Waals surface area contributed by atoms with Crippen molar-refractivity contribution in [3.05, 3.63) is 41.5 Å². The number of halogens is 2. The molecule has 1 aliphatic rings. The number of rotatable bonds is 4. The van der Waals surface area contributed by atoms with Crippen molar-refractivity contribution in [1.29, 1.82) is 0 Å². The van der Waals surface area contributed by atoms with E-state index in [1.165, 1.54) is 0 Å².